The average molecular weight is 227 g/mol. The fourth-order valence-electron chi connectivity index (χ4n) is 2.20. The van der Waals surface area contributed by atoms with Crippen LogP contribution in [-0.4, -0.2) is 34.6 Å². The predicted octanol–water partition coefficient (Wildman–Crippen LogP) is 2.02. The van der Waals surface area contributed by atoms with Gasteiger partial charge >= 0.3 is 0 Å². The summed E-state index contributed by atoms with van der Waals surface area (Å²) in [5.41, 5.74) is 5.61. The largest absolute Gasteiger partial charge is 0.409 e. The molecule has 0 aromatic rings. The number of hydrogen-bond acceptors (Lipinski definition) is 3. The zero-order valence-corrected chi connectivity index (χ0v) is 10.7. The first-order valence-corrected chi connectivity index (χ1v) is 6.30. The van der Waals surface area contributed by atoms with E-state index in [0.717, 1.165) is 19.0 Å². The van der Waals surface area contributed by atoms with Crippen molar-refractivity contribution in [3.8, 4) is 0 Å². The van der Waals surface area contributed by atoms with Crippen LogP contribution in [0.25, 0.3) is 0 Å². The van der Waals surface area contributed by atoms with Gasteiger partial charge in [-0.3, -0.25) is 4.90 Å². The first kappa shape index (κ1) is 13.3. The number of nitrogens with zero attached hydrogens (tertiary/aromatic N) is 2. The lowest BCUT2D eigenvalue weighted by molar-refractivity contribution is 0.163. The van der Waals surface area contributed by atoms with Crippen molar-refractivity contribution >= 4 is 5.84 Å². The van der Waals surface area contributed by atoms with Crippen molar-refractivity contribution in [1.29, 1.82) is 0 Å². The lowest BCUT2D eigenvalue weighted by Crippen LogP contribution is -2.41. The van der Waals surface area contributed by atoms with E-state index in [4.69, 9.17) is 10.9 Å². The Morgan fingerprint density at radius 3 is 2.50 bits per heavy atom. The monoisotopic (exact) mass is 227 g/mol. The van der Waals surface area contributed by atoms with Crippen LogP contribution in [-0.2, 0) is 0 Å². The summed E-state index contributed by atoms with van der Waals surface area (Å²) in [4.78, 5) is 2.54. The Kier molecular flexibility index (Phi) is 5.06. The molecule has 3 N–H and O–H groups in total. The molecule has 0 radical (unpaired) electrons. The van der Waals surface area contributed by atoms with Gasteiger partial charge in [-0.25, -0.2) is 0 Å². The van der Waals surface area contributed by atoms with E-state index in [1.165, 1.54) is 12.8 Å². The highest BCUT2D eigenvalue weighted by Gasteiger charge is 2.33. The van der Waals surface area contributed by atoms with E-state index in [2.05, 4.69) is 30.8 Å². The molecule has 0 aliphatic heterocycles. The third-order valence-corrected chi connectivity index (χ3v) is 3.11. The Hall–Kier alpha value is -0.770. The molecule has 0 saturated heterocycles. The van der Waals surface area contributed by atoms with Crippen LogP contribution in [0, 0.1) is 5.92 Å². The fraction of sp³-hybridized carbons (Fsp3) is 0.917. The Morgan fingerprint density at radius 1 is 1.50 bits per heavy atom. The van der Waals surface area contributed by atoms with E-state index < -0.39 is 0 Å². The molecule has 0 bridgehead atoms. The molecule has 0 heterocycles. The normalized spacial score (nSPS) is 19.4. The molecule has 0 amide bonds. The maximum atomic E-state index is 8.64. The summed E-state index contributed by atoms with van der Waals surface area (Å²) in [6, 6.07) is 1.16. The quantitative estimate of drug-likeness (QED) is 0.303. The number of nitrogens with two attached hydrogens (primary N) is 1. The molecule has 4 heteroatoms. The molecule has 1 rings (SSSR count). The van der Waals surface area contributed by atoms with Crippen molar-refractivity contribution in [2.75, 3.05) is 6.54 Å². The minimum Gasteiger partial charge on any atom is -0.409 e. The molecule has 1 unspecified atom stereocenters. The van der Waals surface area contributed by atoms with E-state index in [-0.39, 0.29) is 0 Å². The molecule has 1 fully saturated rings. The van der Waals surface area contributed by atoms with Gasteiger partial charge in [-0.2, -0.15) is 0 Å². The van der Waals surface area contributed by atoms with Crippen LogP contribution in [0.1, 0.15) is 46.5 Å². The maximum absolute atomic E-state index is 8.64. The van der Waals surface area contributed by atoms with Crippen LogP contribution in [0.2, 0.25) is 0 Å². The molecule has 1 saturated carbocycles. The highest BCUT2D eigenvalue weighted by Crippen LogP contribution is 2.31. The molecule has 0 aromatic heterocycles. The zero-order valence-electron chi connectivity index (χ0n) is 10.7. The van der Waals surface area contributed by atoms with Gasteiger partial charge in [0.15, 0.2) is 0 Å². The van der Waals surface area contributed by atoms with E-state index in [0.29, 0.717) is 24.2 Å². The summed E-state index contributed by atoms with van der Waals surface area (Å²) >= 11 is 0. The molecule has 1 atom stereocenters. The summed E-state index contributed by atoms with van der Waals surface area (Å²) in [6.45, 7) is 7.77. The van der Waals surface area contributed by atoms with Crippen LogP contribution in [0.5, 0.6) is 0 Å². The third kappa shape index (κ3) is 4.00. The molecule has 1 aliphatic carbocycles. The van der Waals surface area contributed by atoms with Gasteiger partial charge in [-0.15, -0.1) is 0 Å². The van der Waals surface area contributed by atoms with E-state index in [1.807, 2.05) is 0 Å². The van der Waals surface area contributed by atoms with E-state index in [1.54, 1.807) is 0 Å². The van der Waals surface area contributed by atoms with Gasteiger partial charge in [0.1, 0.15) is 5.84 Å². The van der Waals surface area contributed by atoms with Gasteiger partial charge < -0.3 is 10.9 Å². The third-order valence-electron chi connectivity index (χ3n) is 3.11. The average Bonchev–Trinajstić information content (AvgIpc) is 3.06. The van der Waals surface area contributed by atoms with Gasteiger partial charge in [0.05, 0.1) is 0 Å². The minimum atomic E-state index is 0.348. The van der Waals surface area contributed by atoms with Crippen molar-refractivity contribution < 1.29 is 5.21 Å². The van der Waals surface area contributed by atoms with E-state index in [9.17, 15) is 0 Å². The lowest BCUT2D eigenvalue weighted by Gasteiger charge is -2.32. The number of amidine groups is 1. The fourth-order valence-corrected chi connectivity index (χ4v) is 2.20. The van der Waals surface area contributed by atoms with Crippen LogP contribution in [0.3, 0.4) is 0 Å². The predicted molar refractivity (Wildman–Crippen MR) is 66.7 cm³/mol. The first-order valence-electron chi connectivity index (χ1n) is 6.30. The van der Waals surface area contributed by atoms with Crippen molar-refractivity contribution in [3.63, 3.8) is 0 Å². The standard InChI is InChI=1S/C12H25N3O/c1-4-10(7-12(13)14-16)15(8-9(2)3)11-5-6-11/h9-11,16H,4-8H2,1-3H3,(H2,13,14). The minimum absolute atomic E-state index is 0.348. The Morgan fingerprint density at radius 2 is 2.12 bits per heavy atom. The summed E-state index contributed by atoms with van der Waals surface area (Å²) in [5.74, 6) is 1.02. The van der Waals surface area contributed by atoms with Gasteiger partial charge in [0, 0.05) is 25.0 Å². The topological polar surface area (TPSA) is 61.9 Å². The highest BCUT2D eigenvalue weighted by atomic mass is 16.4. The van der Waals surface area contributed by atoms with Crippen LogP contribution in [0.15, 0.2) is 5.16 Å². The van der Waals surface area contributed by atoms with Crippen LogP contribution >= 0.6 is 0 Å². The Balaban J connectivity index is 2.58. The number of rotatable bonds is 7. The molecule has 0 spiro atoms. The number of hydrogen-bond donors (Lipinski definition) is 2. The Labute approximate surface area is 98.5 Å². The van der Waals surface area contributed by atoms with Crippen molar-refractivity contribution in [2.45, 2.75) is 58.5 Å². The summed E-state index contributed by atoms with van der Waals surface area (Å²) < 4.78 is 0. The van der Waals surface area contributed by atoms with Crippen molar-refractivity contribution in [3.05, 3.63) is 0 Å². The van der Waals surface area contributed by atoms with Crippen LogP contribution < -0.4 is 5.73 Å². The molecule has 94 valence electrons. The van der Waals surface area contributed by atoms with Gasteiger partial charge in [-0.05, 0) is 25.2 Å². The number of oxime groups is 1. The molecule has 0 aromatic carbocycles. The Bertz CT molecular complexity index is 236. The smallest absolute Gasteiger partial charge is 0.140 e. The van der Waals surface area contributed by atoms with Gasteiger partial charge in [-0.1, -0.05) is 25.9 Å². The van der Waals surface area contributed by atoms with Gasteiger partial charge in [0.25, 0.3) is 0 Å². The molecular formula is C12H25N3O. The zero-order chi connectivity index (χ0) is 12.1. The molecule has 16 heavy (non-hydrogen) atoms. The van der Waals surface area contributed by atoms with Gasteiger partial charge in [0.2, 0.25) is 0 Å². The SMILES string of the molecule is CCC(CC(N)=NO)N(CC(C)C)C1CC1. The van der Waals surface area contributed by atoms with Crippen molar-refractivity contribution in [2.24, 2.45) is 16.8 Å². The second-order valence-corrected chi connectivity index (χ2v) is 5.18. The van der Waals surface area contributed by atoms with Crippen LogP contribution in [0.4, 0.5) is 0 Å². The second-order valence-electron chi connectivity index (χ2n) is 5.18. The van der Waals surface area contributed by atoms with E-state index >= 15 is 0 Å². The molecule has 4 nitrogen and oxygen atoms in total. The maximum Gasteiger partial charge on any atom is 0.140 e. The van der Waals surface area contributed by atoms with Crippen molar-refractivity contribution in [1.82, 2.24) is 4.90 Å². The highest BCUT2D eigenvalue weighted by molar-refractivity contribution is 5.80. The summed E-state index contributed by atoms with van der Waals surface area (Å²) in [7, 11) is 0. The second kappa shape index (κ2) is 6.09. The summed E-state index contributed by atoms with van der Waals surface area (Å²) in [5, 5.41) is 11.7. The first-order chi connectivity index (χ1) is 7.58. The molecule has 1 aliphatic rings. The summed E-state index contributed by atoms with van der Waals surface area (Å²) in [6.07, 6.45) is 4.34. The lowest BCUT2D eigenvalue weighted by atomic mass is 10.1. The molecular weight excluding hydrogens is 202 g/mol.